The summed E-state index contributed by atoms with van der Waals surface area (Å²) in [5.41, 5.74) is 2.17. The molecular formula is C27H23F4NO4. The monoisotopic (exact) mass is 501 g/mol. The van der Waals surface area contributed by atoms with Gasteiger partial charge in [0.15, 0.2) is 0 Å². The van der Waals surface area contributed by atoms with E-state index in [4.69, 9.17) is 14.2 Å². The van der Waals surface area contributed by atoms with Gasteiger partial charge in [0.1, 0.15) is 17.6 Å². The first-order chi connectivity index (χ1) is 17.2. The van der Waals surface area contributed by atoms with Crippen molar-refractivity contribution in [2.24, 2.45) is 0 Å². The van der Waals surface area contributed by atoms with Crippen molar-refractivity contribution in [2.45, 2.75) is 43.9 Å². The number of fused-ring (bicyclic) bond motifs is 2. The molecule has 2 aliphatic rings. The maximum absolute atomic E-state index is 13.8. The second kappa shape index (κ2) is 9.44. The molecule has 3 aromatic rings. The van der Waals surface area contributed by atoms with Gasteiger partial charge in [0.05, 0.1) is 25.7 Å². The Balaban J connectivity index is 1.41. The molecule has 0 radical (unpaired) electrons. The maximum atomic E-state index is 13.8. The summed E-state index contributed by atoms with van der Waals surface area (Å²) in [5, 5.41) is 0. The minimum Gasteiger partial charge on any atom is -0.492 e. The van der Waals surface area contributed by atoms with Gasteiger partial charge >= 0.3 is 12.1 Å². The summed E-state index contributed by atoms with van der Waals surface area (Å²) < 4.78 is 71.4. The lowest BCUT2D eigenvalue weighted by Crippen LogP contribution is -2.13. The van der Waals surface area contributed by atoms with E-state index in [9.17, 15) is 22.4 Å². The van der Waals surface area contributed by atoms with Crippen molar-refractivity contribution >= 4 is 5.97 Å². The molecule has 2 heterocycles. The van der Waals surface area contributed by atoms with Gasteiger partial charge < -0.3 is 14.2 Å². The summed E-state index contributed by atoms with van der Waals surface area (Å²) in [6, 6.07) is 10.5. The molecule has 5 rings (SSSR count). The maximum Gasteiger partial charge on any atom is 0.416 e. The van der Waals surface area contributed by atoms with Crippen LogP contribution < -0.4 is 9.47 Å². The highest BCUT2D eigenvalue weighted by Gasteiger charge is 2.37. The highest BCUT2D eigenvalue weighted by molar-refractivity contribution is 5.71. The summed E-state index contributed by atoms with van der Waals surface area (Å²) in [4.78, 5) is 15.2. The van der Waals surface area contributed by atoms with Gasteiger partial charge in [-0.2, -0.15) is 17.6 Å². The first kappa shape index (κ1) is 24.1. The molecule has 9 heteroatoms. The van der Waals surface area contributed by atoms with Crippen LogP contribution in [0.25, 0.3) is 0 Å². The van der Waals surface area contributed by atoms with Crippen molar-refractivity contribution in [3.63, 3.8) is 0 Å². The molecule has 0 bridgehead atoms. The van der Waals surface area contributed by atoms with E-state index in [0.717, 1.165) is 17.7 Å². The number of methoxy groups -OCH3 is 1. The Hall–Kier alpha value is -3.62. The molecule has 1 aliphatic carbocycles. The number of hydrogen-bond donors (Lipinski definition) is 0. The number of alkyl halides is 3. The molecule has 1 aliphatic heterocycles. The highest BCUT2D eigenvalue weighted by atomic mass is 19.4. The predicted octanol–water partition coefficient (Wildman–Crippen LogP) is 5.94. The number of carbonyl (C=O) groups excluding carboxylic acids is 1. The average Bonchev–Trinajstić information content (AvgIpc) is 3.44. The highest BCUT2D eigenvalue weighted by Crippen LogP contribution is 2.44. The zero-order valence-electron chi connectivity index (χ0n) is 19.4. The number of rotatable bonds is 6. The normalized spacial score (nSPS) is 18.4. The summed E-state index contributed by atoms with van der Waals surface area (Å²) in [7, 11) is 1.34. The summed E-state index contributed by atoms with van der Waals surface area (Å²) in [6.07, 6.45) is -2.52. The fourth-order valence-corrected chi connectivity index (χ4v) is 4.99. The largest absolute Gasteiger partial charge is 0.492 e. The third kappa shape index (κ3) is 4.74. The fraction of sp³-hybridized carbons (Fsp3) is 0.333. The van der Waals surface area contributed by atoms with E-state index >= 15 is 0 Å². The van der Waals surface area contributed by atoms with E-state index in [-0.39, 0.29) is 30.3 Å². The molecule has 188 valence electrons. The predicted molar refractivity (Wildman–Crippen MR) is 121 cm³/mol. The van der Waals surface area contributed by atoms with Crippen molar-refractivity contribution < 1.29 is 36.6 Å². The standard InChI is InChI=1S/C27H23F4NO4/c1-34-26(33)11-16-14-35-24-12-17(3-4-18(16)24)36-23-8-6-19-20(23)5-7-22(27(29,30)31)21(19)10-15-2-9-25(28)32-13-15/h2-5,7,9,12-13,16,23H,6,8,10-11,14H2,1H3/t16-,23-/m1/s1. The Bertz CT molecular complexity index is 1290. The van der Waals surface area contributed by atoms with Gasteiger partial charge in [0.2, 0.25) is 5.95 Å². The first-order valence-electron chi connectivity index (χ1n) is 11.6. The molecule has 36 heavy (non-hydrogen) atoms. The van der Waals surface area contributed by atoms with Crippen LogP contribution in [0, 0.1) is 5.95 Å². The second-order valence-corrected chi connectivity index (χ2v) is 8.96. The van der Waals surface area contributed by atoms with Gasteiger partial charge in [-0.1, -0.05) is 18.2 Å². The third-order valence-electron chi connectivity index (χ3n) is 6.73. The van der Waals surface area contributed by atoms with Crippen molar-refractivity contribution in [2.75, 3.05) is 13.7 Å². The van der Waals surface area contributed by atoms with Crippen LogP contribution in [-0.2, 0) is 28.5 Å². The van der Waals surface area contributed by atoms with Gasteiger partial charge in [-0.15, -0.1) is 0 Å². The molecule has 5 nitrogen and oxygen atoms in total. The molecule has 0 saturated carbocycles. The number of esters is 1. The number of ether oxygens (including phenoxy) is 3. The van der Waals surface area contributed by atoms with E-state index in [2.05, 4.69) is 4.98 Å². The number of pyridine rings is 1. The Kier molecular flexibility index (Phi) is 6.32. The Morgan fingerprint density at radius 2 is 1.94 bits per heavy atom. The Labute approximate surface area is 205 Å². The van der Waals surface area contributed by atoms with Gasteiger partial charge in [0.25, 0.3) is 0 Å². The van der Waals surface area contributed by atoms with Gasteiger partial charge in [-0.3, -0.25) is 4.79 Å². The summed E-state index contributed by atoms with van der Waals surface area (Å²) in [6.45, 7) is 0.363. The van der Waals surface area contributed by atoms with Crippen LogP contribution in [0.3, 0.4) is 0 Å². The van der Waals surface area contributed by atoms with Crippen LogP contribution in [0.15, 0.2) is 48.7 Å². The second-order valence-electron chi connectivity index (χ2n) is 8.96. The summed E-state index contributed by atoms with van der Waals surface area (Å²) in [5.74, 6) is 0.0605. The molecule has 0 fully saturated rings. The smallest absolute Gasteiger partial charge is 0.416 e. The van der Waals surface area contributed by atoms with E-state index in [1.54, 1.807) is 12.1 Å². The third-order valence-corrected chi connectivity index (χ3v) is 6.73. The van der Waals surface area contributed by atoms with E-state index < -0.39 is 23.8 Å². The van der Waals surface area contributed by atoms with E-state index in [0.29, 0.717) is 47.6 Å². The molecule has 2 atom stereocenters. The molecular weight excluding hydrogens is 478 g/mol. The van der Waals surface area contributed by atoms with Gasteiger partial charge in [0, 0.05) is 23.7 Å². The Morgan fingerprint density at radius 1 is 1.14 bits per heavy atom. The molecule has 0 spiro atoms. The lowest BCUT2D eigenvalue weighted by molar-refractivity contribution is -0.141. The molecule has 1 aromatic heterocycles. The van der Waals surface area contributed by atoms with E-state index in [1.165, 1.54) is 25.4 Å². The molecule has 0 N–H and O–H groups in total. The van der Waals surface area contributed by atoms with Crippen LogP contribution in [-0.4, -0.2) is 24.7 Å². The number of aromatic nitrogens is 1. The first-order valence-corrected chi connectivity index (χ1v) is 11.6. The van der Waals surface area contributed by atoms with Gasteiger partial charge in [-0.05, 0) is 59.7 Å². The quantitative estimate of drug-likeness (QED) is 0.238. The molecule has 2 aromatic carbocycles. The fourth-order valence-electron chi connectivity index (χ4n) is 4.99. The SMILES string of the molecule is COC(=O)C[C@@H]1COc2cc(O[C@@H]3CCc4c3ccc(C(F)(F)F)c4Cc3ccc(F)nc3)ccc21. The number of carbonyl (C=O) groups is 1. The number of halogens is 4. The van der Waals surface area contributed by atoms with Crippen molar-refractivity contribution in [3.8, 4) is 11.5 Å². The molecule has 0 amide bonds. The van der Waals surface area contributed by atoms with Crippen molar-refractivity contribution in [1.82, 2.24) is 4.98 Å². The van der Waals surface area contributed by atoms with Gasteiger partial charge in [-0.25, -0.2) is 4.98 Å². The van der Waals surface area contributed by atoms with Crippen LogP contribution in [0.1, 0.15) is 58.2 Å². The number of nitrogens with zero attached hydrogens (tertiary/aromatic N) is 1. The van der Waals surface area contributed by atoms with Crippen molar-refractivity contribution in [1.29, 1.82) is 0 Å². The average molecular weight is 501 g/mol. The minimum atomic E-state index is -4.52. The van der Waals surface area contributed by atoms with Crippen LogP contribution in [0.5, 0.6) is 11.5 Å². The molecule has 0 saturated heterocycles. The minimum absolute atomic E-state index is 0.00765. The number of hydrogen-bond acceptors (Lipinski definition) is 5. The lowest BCUT2D eigenvalue weighted by atomic mass is 9.92. The Morgan fingerprint density at radius 3 is 2.67 bits per heavy atom. The van der Waals surface area contributed by atoms with E-state index in [1.807, 2.05) is 6.07 Å². The topological polar surface area (TPSA) is 57.7 Å². The van der Waals surface area contributed by atoms with Crippen LogP contribution in [0.2, 0.25) is 0 Å². The van der Waals surface area contributed by atoms with Crippen molar-refractivity contribution in [3.05, 3.63) is 88.0 Å². The lowest BCUT2D eigenvalue weighted by Gasteiger charge is -2.19. The van der Waals surface area contributed by atoms with Crippen LogP contribution in [0.4, 0.5) is 17.6 Å². The molecule has 0 unspecified atom stereocenters. The summed E-state index contributed by atoms with van der Waals surface area (Å²) >= 11 is 0. The zero-order chi connectivity index (χ0) is 25.4. The number of benzene rings is 2. The zero-order valence-corrected chi connectivity index (χ0v) is 19.4. The van der Waals surface area contributed by atoms with Crippen LogP contribution >= 0.6 is 0 Å².